The lowest BCUT2D eigenvalue weighted by molar-refractivity contribution is -0.137. The van der Waals surface area contributed by atoms with E-state index in [0.29, 0.717) is 51.5 Å². The van der Waals surface area contributed by atoms with E-state index in [0.717, 1.165) is 57.1 Å². The summed E-state index contributed by atoms with van der Waals surface area (Å²) in [4.78, 5) is 113. The van der Waals surface area contributed by atoms with Gasteiger partial charge in [-0.2, -0.15) is 13.2 Å². The van der Waals surface area contributed by atoms with Crippen LogP contribution < -0.4 is 5.32 Å². The van der Waals surface area contributed by atoms with Crippen molar-refractivity contribution in [2.24, 2.45) is 0 Å². The predicted octanol–water partition coefficient (Wildman–Crippen LogP) is 15.8. The van der Waals surface area contributed by atoms with Crippen LogP contribution in [0, 0.1) is 13.8 Å². The van der Waals surface area contributed by atoms with Crippen molar-refractivity contribution in [2.45, 2.75) is 46.2 Å². The van der Waals surface area contributed by atoms with Crippen LogP contribution >= 0.6 is 0 Å². The van der Waals surface area contributed by atoms with Gasteiger partial charge in [0, 0.05) is 88.7 Å². The molecular formula is C73H52F3N3O10. The molecule has 89 heavy (non-hydrogen) atoms. The minimum atomic E-state index is -4.96. The number of aldehydes is 2. The van der Waals surface area contributed by atoms with E-state index in [2.05, 4.69) is 21.4 Å². The number of Topliss-reactive ketones (excluding diaryl/α,β-unsaturated/α-hetero) is 3. The summed E-state index contributed by atoms with van der Waals surface area (Å²) in [5.74, 6) is -5.21. The Balaban J connectivity index is 0.895. The maximum Gasteiger partial charge on any atom is 0.417 e. The zero-order chi connectivity index (χ0) is 63.3. The molecule has 2 aromatic heterocycles. The molecule has 0 bridgehead atoms. The Kier molecular flexibility index (Phi) is 17.5. The summed E-state index contributed by atoms with van der Waals surface area (Å²) in [5.41, 5.74) is 6.64. The SMILES string of the molecule is CCC(=O)c1cc(-c2ccc(C(=O)O)c(C(=O)Nc3ccc(-c4ccc(CC(=O)c5cc(-c6ccc(C(=O)O)c(C(=O)Cc7ccc(-c8ccc(C)cc8-c8cccnc8)c(-c8cccnc8)c7)c6)ccc5C=O)cc4C)c(C(F)(F)F)c3)c2)ccc1C=O. The maximum atomic E-state index is 15.0. The topological polar surface area (TPSA) is 215 Å². The van der Waals surface area contributed by atoms with Crippen LogP contribution in [-0.2, 0) is 19.0 Å². The molecule has 0 spiro atoms. The summed E-state index contributed by atoms with van der Waals surface area (Å²) in [5, 5.41) is 22.7. The summed E-state index contributed by atoms with van der Waals surface area (Å²) >= 11 is 0. The third-order valence-corrected chi connectivity index (χ3v) is 15.4. The number of nitrogens with zero attached hydrogens (tertiary/aromatic N) is 2. The van der Waals surface area contributed by atoms with E-state index in [-0.39, 0.29) is 80.8 Å². The van der Waals surface area contributed by atoms with Gasteiger partial charge >= 0.3 is 18.1 Å². The molecular weight excluding hydrogens is 1140 g/mol. The van der Waals surface area contributed by atoms with Crippen molar-refractivity contribution < 1.29 is 61.7 Å². The first kappa shape index (κ1) is 60.7. The van der Waals surface area contributed by atoms with Crippen molar-refractivity contribution in [1.82, 2.24) is 9.97 Å². The minimum absolute atomic E-state index is 0.00254. The van der Waals surface area contributed by atoms with E-state index >= 15 is 0 Å². The molecule has 10 rings (SSSR count). The number of carboxylic acids is 2. The molecule has 0 aliphatic carbocycles. The lowest BCUT2D eigenvalue weighted by Crippen LogP contribution is -2.17. The number of carboxylic acid groups (broad SMARTS) is 2. The van der Waals surface area contributed by atoms with Gasteiger partial charge < -0.3 is 15.5 Å². The molecule has 2 heterocycles. The minimum Gasteiger partial charge on any atom is -0.478 e. The number of aromatic nitrogens is 2. The van der Waals surface area contributed by atoms with Crippen LogP contribution in [0.1, 0.15) is 124 Å². The number of aromatic carboxylic acids is 2. The average Bonchev–Trinajstić information content (AvgIpc) is 2.17. The quantitative estimate of drug-likeness (QED) is 0.0480. The molecule has 0 aliphatic rings. The lowest BCUT2D eigenvalue weighted by Gasteiger charge is -2.18. The number of carbonyl (C=O) groups excluding carboxylic acids is 6. The van der Waals surface area contributed by atoms with Crippen molar-refractivity contribution >= 4 is 53.5 Å². The van der Waals surface area contributed by atoms with Crippen LogP contribution in [-0.4, -0.2) is 67.9 Å². The molecule has 3 N–H and O–H groups in total. The van der Waals surface area contributed by atoms with E-state index in [4.69, 9.17) is 0 Å². The van der Waals surface area contributed by atoms with Crippen molar-refractivity contribution in [3.63, 3.8) is 0 Å². The largest absolute Gasteiger partial charge is 0.478 e. The van der Waals surface area contributed by atoms with Crippen LogP contribution in [0.3, 0.4) is 0 Å². The Morgan fingerprint density at radius 3 is 1.45 bits per heavy atom. The number of halogens is 3. The fourth-order valence-electron chi connectivity index (χ4n) is 10.9. The molecule has 1 amide bonds. The van der Waals surface area contributed by atoms with Gasteiger partial charge in [-0.15, -0.1) is 0 Å². The van der Waals surface area contributed by atoms with Gasteiger partial charge in [-0.3, -0.25) is 38.7 Å². The number of amides is 1. The number of rotatable bonds is 20. The van der Waals surface area contributed by atoms with Crippen LogP contribution in [0.25, 0.3) is 66.8 Å². The molecule has 0 saturated carbocycles. The summed E-state index contributed by atoms with van der Waals surface area (Å²) in [6.45, 7) is 5.19. The molecule has 0 fully saturated rings. The molecule has 8 aromatic carbocycles. The highest BCUT2D eigenvalue weighted by Gasteiger charge is 2.35. The summed E-state index contributed by atoms with van der Waals surface area (Å²) in [6, 6.07) is 43.8. The Hall–Kier alpha value is -11.4. The number of anilines is 1. The number of benzene rings is 8. The second-order valence-electron chi connectivity index (χ2n) is 21.2. The van der Waals surface area contributed by atoms with Gasteiger partial charge in [-0.25, -0.2) is 9.59 Å². The summed E-state index contributed by atoms with van der Waals surface area (Å²) in [7, 11) is 0. The number of hydrogen-bond acceptors (Lipinski definition) is 10. The first-order valence-electron chi connectivity index (χ1n) is 27.9. The third kappa shape index (κ3) is 13.1. The van der Waals surface area contributed by atoms with Gasteiger partial charge in [0.1, 0.15) is 0 Å². The van der Waals surface area contributed by atoms with Crippen LogP contribution in [0.15, 0.2) is 195 Å². The number of aryl methyl sites for hydroxylation is 2. The van der Waals surface area contributed by atoms with E-state index in [1.807, 2.05) is 61.5 Å². The molecule has 0 radical (unpaired) electrons. The number of pyridine rings is 2. The fraction of sp³-hybridized carbons (Fsp3) is 0.0959. The standard InChI is InChI=1S/C73H52F3N3O10/c1-4-67(82)62-32-45(12-14-51(62)39-80)48-17-23-59(72(88)89)65(35-48)70(85)79-53-18-24-57(66(36-53)73(74,75)76)54-20-10-43(28-42(54)3)30-68(83)63-33-46(13-15-52(63)40-81)47-16-22-58(71(86)87)64(34-47)69(84)31-44-11-21-56(61(29-44)50-8-6-26-78-38-50)55-19-9-41(2)27-60(55)49-7-5-25-77-37-49/h5-29,32-40H,4,30-31H2,1-3H3,(H,79,85)(H,86,87)(H,88,89). The number of hydrogen-bond donors (Lipinski definition) is 3. The highest BCUT2D eigenvalue weighted by molar-refractivity contribution is 6.12. The lowest BCUT2D eigenvalue weighted by atomic mass is 9.87. The van der Waals surface area contributed by atoms with Gasteiger partial charge in [0.2, 0.25) is 0 Å². The molecule has 13 nitrogen and oxygen atoms in total. The monoisotopic (exact) mass is 1190 g/mol. The van der Waals surface area contributed by atoms with E-state index in [1.165, 1.54) is 78.9 Å². The molecule has 10 aromatic rings. The van der Waals surface area contributed by atoms with Crippen LogP contribution in [0.5, 0.6) is 0 Å². The molecule has 0 atom stereocenters. The number of alkyl halides is 3. The van der Waals surface area contributed by atoms with Gasteiger partial charge in [0.05, 0.1) is 22.3 Å². The Bertz CT molecular complexity index is 4540. The normalized spacial score (nSPS) is 11.2. The van der Waals surface area contributed by atoms with E-state index in [9.17, 15) is 61.7 Å². The first-order chi connectivity index (χ1) is 42.7. The fourth-order valence-corrected chi connectivity index (χ4v) is 10.9. The van der Waals surface area contributed by atoms with Gasteiger partial charge in [-0.1, -0.05) is 122 Å². The molecule has 440 valence electrons. The number of nitrogens with one attached hydrogen (secondary N) is 1. The van der Waals surface area contributed by atoms with Crippen molar-refractivity contribution in [3.05, 3.63) is 267 Å². The van der Waals surface area contributed by atoms with E-state index < -0.39 is 46.7 Å². The highest BCUT2D eigenvalue weighted by Crippen LogP contribution is 2.42. The molecule has 16 heteroatoms. The predicted molar refractivity (Wildman–Crippen MR) is 332 cm³/mol. The van der Waals surface area contributed by atoms with Gasteiger partial charge in [0.25, 0.3) is 5.91 Å². The van der Waals surface area contributed by atoms with Crippen molar-refractivity contribution in [2.75, 3.05) is 5.32 Å². The molecule has 0 unspecified atom stereocenters. The van der Waals surface area contributed by atoms with Crippen molar-refractivity contribution in [3.8, 4) is 66.8 Å². The Morgan fingerprint density at radius 1 is 0.461 bits per heavy atom. The Morgan fingerprint density at radius 2 is 0.933 bits per heavy atom. The zero-order valence-corrected chi connectivity index (χ0v) is 47.9. The average molecular weight is 1190 g/mol. The highest BCUT2D eigenvalue weighted by atomic mass is 19.4. The van der Waals surface area contributed by atoms with Gasteiger partial charge in [0.15, 0.2) is 29.9 Å². The summed E-state index contributed by atoms with van der Waals surface area (Å²) in [6.07, 6.45) is 2.58. The van der Waals surface area contributed by atoms with Crippen LogP contribution in [0.4, 0.5) is 18.9 Å². The van der Waals surface area contributed by atoms with Gasteiger partial charge in [-0.05, 0) is 147 Å². The van der Waals surface area contributed by atoms with E-state index in [1.54, 1.807) is 50.8 Å². The maximum absolute atomic E-state index is 15.0. The molecule has 0 aliphatic heterocycles. The second kappa shape index (κ2) is 25.7. The summed E-state index contributed by atoms with van der Waals surface area (Å²) < 4.78 is 45.0. The zero-order valence-electron chi connectivity index (χ0n) is 47.9. The first-order valence-corrected chi connectivity index (χ1v) is 27.9. The van der Waals surface area contributed by atoms with Crippen molar-refractivity contribution in [1.29, 1.82) is 0 Å². The second-order valence-corrected chi connectivity index (χ2v) is 21.2. The number of ketones is 3. The third-order valence-electron chi connectivity index (χ3n) is 15.4. The molecule has 0 saturated heterocycles. The van der Waals surface area contributed by atoms with Crippen LogP contribution in [0.2, 0.25) is 0 Å². The number of carbonyl (C=O) groups is 8. The Labute approximate surface area is 508 Å². The smallest absolute Gasteiger partial charge is 0.417 e.